The van der Waals surface area contributed by atoms with Gasteiger partial charge in [-0.25, -0.2) is 9.59 Å². The fraction of sp³-hybridized carbons (Fsp3) is 0.333. The van der Waals surface area contributed by atoms with Gasteiger partial charge < -0.3 is 19.1 Å². The number of anilines is 1. The monoisotopic (exact) mass is 409 g/mol. The van der Waals surface area contributed by atoms with E-state index >= 15 is 0 Å². The average Bonchev–Trinajstić information content (AvgIpc) is 2.77. The lowest BCUT2D eigenvalue weighted by molar-refractivity contribution is -0.140. The van der Waals surface area contributed by atoms with Crippen LogP contribution in [0.5, 0.6) is 0 Å². The first-order valence-electron chi connectivity index (χ1n) is 9.73. The SMILES string of the molecule is COC(=O)C1=C(C(=O)OC)N(c2ccc(C(C)(C)C)cc2-c2ccccc2)COC1. The highest BCUT2D eigenvalue weighted by Gasteiger charge is 2.33. The molecule has 0 unspecified atom stereocenters. The van der Waals surface area contributed by atoms with E-state index in [4.69, 9.17) is 14.2 Å². The molecule has 0 fully saturated rings. The molecule has 1 aliphatic heterocycles. The number of methoxy groups -OCH3 is 2. The second-order valence-electron chi connectivity index (χ2n) is 8.06. The van der Waals surface area contributed by atoms with Crippen LogP contribution in [0.25, 0.3) is 11.1 Å². The molecule has 6 nitrogen and oxygen atoms in total. The molecule has 1 aliphatic rings. The fourth-order valence-corrected chi connectivity index (χ4v) is 3.42. The number of rotatable bonds is 4. The van der Waals surface area contributed by atoms with Crippen LogP contribution in [0, 0.1) is 0 Å². The minimum absolute atomic E-state index is 0.0195. The lowest BCUT2D eigenvalue weighted by atomic mass is 9.84. The zero-order valence-corrected chi connectivity index (χ0v) is 18.0. The van der Waals surface area contributed by atoms with Gasteiger partial charge in [0.1, 0.15) is 12.4 Å². The van der Waals surface area contributed by atoms with E-state index in [1.54, 1.807) is 4.90 Å². The normalized spacial score (nSPS) is 14.5. The Balaban J connectivity index is 2.25. The van der Waals surface area contributed by atoms with Crippen molar-refractivity contribution in [3.8, 4) is 11.1 Å². The Bertz CT molecular complexity index is 973. The molecule has 1 heterocycles. The van der Waals surface area contributed by atoms with E-state index in [1.807, 2.05) is 42.5 Å². The summed E-state index contributed by atoms with van der Waals surface area (Å²) >= 11 is 0. The molecule has 0 aromatic heterocycles. The number of carbonyl (C=O) groups is 2. The Morgan fingerprint density at radius 2 is 1.63 bits per heavy atom. The Hall–Kier alpha value is -3.12. The lowest BCUT2D eigenvalue weighted by Gasteiger charge is -2.33. The number of esters is 2. The van der Waals surface area contributed by atoms with Gasteiger partial charge in [-0.3, -0.25) is 0 Å². The number of carbonyl (C=O) groups excluding carboxylic acids is 2. The summed E-state index contributed by atoms with van der Waals surface area (Å²) in [7, 11) is 2.56. The highest BCUT2D eigenvalue weighted by atomic mass is 16.5. The van der Waals surface area contributed by atoms with Gasteiger partial charge in [-0.2, -0.15) is 0 Å². The van der Waals surface area contributed by atoms with Crippen molar-refractivity contribution in [2.45, 2.75) is 26.2 Å². The molecule has 0 spiro atoms. The quantitative estimate of drug-likeness (QED) is 0.710. The summed E-state index contributed by atoms with van der Waals surface area (Å²) in [6.07, 6.45) is 0. The van der Waals surface area contributed by atoms with Crippen molar-refractivity contribution in [3.63, 3.8) is 0 Å². The molecule has 0 N–H and O–H groups in total. The van der Waals surface area contributed by atoms with Crippen LogP contribution in [-0.4, -0.2) is 39.5 Å². The molecule has 0 radical (unpaired) electrons. The van der Waals surface area contributed by atoms with Gasteiger partial charge in [-0.1, -0.05) is 57.2 Å². The first-order valence-corrected chi connectivity index (χ1v) is 9.73. The van der Waals surface area contributed by atoms with Gasteiger partial charge in [-0.15, -0.1) is 0 Å². The summed E-state index contributed by atoms with van der Waals surface area (Å²) < 4.78 is 15.5. The van der Waals surface area contributed by atoms with E-state index in [0.29, 0.717) is 0 Å². The molecule has 30 heavy (non-hydrogen) atoms. The number of hydrogen-bond acceptors (Lipinski definition) is 6. The molecule has 0 bridgehead atoms. The summed E-state index contributed by atoms with van der Waals surface area (Å²) in [5.74, 6) is -1.23. The van der Waals surface area contributed by atoms with Gasteiger partial charge in [0.15, 0.2) is 0 Å². The van der Waals surface area contributed by atoms with E-state index in [1.165, 1.54) is 14.2 Å². The van der Waals surface area contributed by atoms with Crippen molar-refractivity contribution in [3.05, 3.63) is 65.4 Å². The van der Waals surface area contributed by atoms with Crippen molar-refractivity contribution >= 4 is 17.6 Å². The van der Waals surface area contributed by atoms with Crippen LogP contribution in [0.3, 0.4) is 0 Å². The second kappa shape index (κ2) is 8.71. The molecular formula is C24H27NO5. The van der Waals surface area contributed by atoms with Crippen LogP contribution in [-0.2, 0) is 29.2 Å². The van der Waals surface area contributed by atoms with Crippen molar-refractivity contribution in [1.29, 1.82) is 0 Å². The minimum atomic E-state index is -0.618. The smallest absolute Gasteiger partial charge is 0.355 e. The van der Waals surface area contributed by atoms with Gasteiger partial charge in [0.05, 0.1) is 32.1 Å². The molecule has 158 valence electrons. The van der Waals surface area contributed by atoms with Gasteiger partial charge in [0, 0.05) is 5.56 Å². The maximum Gasteiger partial charge on any atom is 0.355 e. The van der Waals surface area contributed by atoms with E-state index in [2.05, 4.69) is 26.8 Å². The maximum absolute atomic E-state index is 12.7. The average molecular weight is 409 g/mol. The molecule has 3 rings (SSSR count). The zero-order valence-electron chi connectivity index (χ0n) is 18.0. The van der Waals surface area contributed by atoms with Gasteiger partial charge >= 0.3 is 11.9 Å². The van der Waals surface area contributed by atoms with Crippen molar-refractivity contribution < 1.29 is 23.8 Å². The first kappa shape index (κ1) is 21.6. The summed E-state index contributed by atoms with van der Waals surface area (Å²) in [5.41, 5.74) is 4.03. The molecular weight excluding hydrogens is 382 g/mol. The fourth-order valence-electron chi connectivity index (χ4n) is 3.42. The van der Waals surface area contributed by atoms with E-state index in [9.17, 15) is 9.59 Å². The van der Waals surface area contributed by atoms with Crippen LogP contribution in [0.2, 0.25) is 0 Å². The molecule has 2 aromatic rings. The summed E-state index contributed by atoms with van der Waals surface area (Å²) in [4.78, 5) is 26.7. The molecule has 0 saturated carbocycles. The highest BCUT2D eigenvalue weighted by molar-refractivity contribution is 6.04. The number of ether oxygens (including phenoxy) is 3. The number of hydrogen-bond donors (Lipinski definition) is 0. The van der Waals surface area contributed by atoms with Crippen molar-refractivity contribution in [2.75, 3.05) is 32.5 Å². The van der Waals surface area contributed by atoms with E-state index < -0.39 is 11.9 Å². The van der Waals surface area contributed by atoms with Crippen molar-refractivity contribution in [1.82, 2.24) is 0 Å². The molecule has 0 saturated heterocycles. The number of nitrogens with zero attached hydrogens (tertiary/aromatic N) is 1. The predicted octanol–water partition coefficient (Wildman–Crippen LogP) is 4.05. The van der Waals surface area contributed by atoms with E-state index in [0.717, 1.165) is 22.4 Å². The Kier molecular flexibility index (Phi) is 6.27. The van der Waals surface area contributed by atoms with Gasteiger partial charge in [0.2, 0.25) is 0 Å². The predicted molar refractivity (Wildman–Crippen MR) is 115 cm³/mol. The van der Waals surface area contributed by atoms with E-state index in [-0.39, 0.29) is 30.0 Å². The van der Waals surface area contributed by atoms with Crippen LogP contribution < -0.4 is 4.90 Å². The molecule has 0 aliphatic carbocycles. The summed E-state index contributed by atoms with van der Waals surface area (Å²) in [5, 5.41) is 0. The topological polar surface area (TPSA) is 65.1 Å². The van der Waals surface area contributed by atoms with Crippen LogP contribution in [0.15, 0.2) is 59.8 Å². The molecule has 2 aromatic carbocycles. The zero-order chi connectivity index (χ0) is 21.9. The molecule has 0 amide bonds. The van der Waals surface area contributed by atoms with Gasteiger partial charge in [-0.05, 0) is 28.7 Å². The van der Waals surface area contributed by atoms with Crippen LogP contribution in [0.4, 0.5) is 5.69 Å². The third-order valence-corrected chi connectivity index (χ3v) is 5.07. The number of benzene rings is 2. The Morgan fingerprint density at radius 3 is 2.23 bits per heavy atom. The van der Waals surface area contributed by atoms with Crippen LogP contribution >= 0.6 is 0 Å². The Labute approximate surface area is 177 Å². The largest absolute Gasteiger partial charge is 0.466 e. The standard InChI is InChI=1S/C24H27NO5/c1-24(2,3)17-11-12-20(18(13-17)16-9-7-6-8-10-16)25-15-30-14-19(22(26)28-4)21(25)23(27)29-5/h6-13H,14-15H2,1-5H3. The first-order chi connectivity index (χ1) is 14.3. The third kappa shape index (κ3) is 4.24. The maximum atomic E-state index is 12.7. The Morgan fingerprint density at radius 1 is 0.967 bits per heavy atom. The van der Waals surface area contributed by atoms with Crippen LogP contribution in [0.1, 0.15) is 26.3 Å². The minimum Gasteiger partial charge on any atom is -0.466 e. The van der Waals surface area contributed by atoms with Crippen molar-refractivity contribution in [2.24, 2.45) is 0 Å². The summed E-state index contributed by atoms with van der Waals surface area (Å²) in [6.45, 7) is 6.54. The highest BCUT2D eigenvalue weighted by Crippen LogP contribution is 2.38. The second-order valence-corrected chi connectivity index (χ2v) is 8.06. The summed E-state index contributed by atoms with van der Waals surface area (Å²) in [6, 6.07) is 16.0. The third-order valence-electron chi connectivity index (χ3n) is 5.07. The van der Waals surface area contributed by atoms with Gasteiger partial charge in [0.25, 0.3) is 0 Å². The lowest BCUT2D eigenvalue weighted by Crippen LogP contribution is -2.39. The molecule has 6 heteroatoms. The molecule has 0 atom stereocenters.